The van der Waals surface area contributed by atoms with Crippen LogP contribution < -0.4 is 5.32 Å². The molecule has 1 aromatic carbocycles. The summed E-state index contributed by atoms with van der Waals surface area (Å²) in [5.74, 6) is 0.410. The first-order valence-electron chi connectivity index (χ1n) is 7.40. The van der Waals surface area contributed by atoms with Gasteiger partial charge >= 0.3 is 0 Å². The van der Waals surface area contributed by atoms with Gasteiger partial charge in [0.05, 0.1) is 6.54 Å². The van der Waals surface area contributed by atoms with Crippen LogP contribution in [0, 0.1) is 0 Å². The van der Waals surface area contributed by atoms with E-state index in [1.54, 1.807) is 6.07 Å². The molecule has 1 aliphatic carbocycles. The molecule has 20 heavy (non-hydrogen) atoms. The third kappa shape index (κ3) is 3.51. The Labute approximate surface area is 120 Å². The molecule has 0 saturated carbocycles. The number of nitrogens with zero attached hydrogens (tertiary/aromatic N) is 1. The summed E-state index contributed by atoms with van der Waals surface area (Å²) in [7, 11) is 2.00. The van der Waals surface area contributed by atoms with E-state index >= 15 is 0 Å². The molecule has 0 aromatic heterocycles. The second-order valence-corrected chi connectivity index (χ2v) is 5.56. The summed E-state index contributed by atoms with van der Waals surface area (Å²) in [6.45, 7) is 3.21. The molecule has 1 atom stereocenters. The van der Waals surface area contributed by atoms with Gasteiger partial charge in [0.25, 0.3) is 0 Å². The van der Waals surface area contributed by atoms with Crippen molar-refractivity contribution in [1.29, 1.82) is 0 Å². The van der Waals surface area contributed by atoms with E-state index in [1.165, 1.54) is 11.1 Å². The van der Waals surface area contributed by atoms with Crippen molar-refractivity contribution in [3.63, 3.8) is 0 Å². The number of fused-ring (bicyclic) bond motifs is 1. The summed E-state index contributed by atoms with van der Waals surface area (Å²) in [4.78, 5) is 13.9. The summed E-state index contributed by atoms with van der Waals surface area (Å²) in [6.07, 6.45) is 4.13. The van der Waals surface area contributed by atoms with Gasteiger partial charge in [-0.15, -0.1) is 0 Å². The smallest absolute Gasteiger partial charge is 0.234 e. The number of carbonyl (C=O) groups excluding carboxylic acids is 1. The van der Waals surface area contributed by atoms with E-state index in [2.05, 4.69) is 10.2 Å². The fourth-order valence-electron chi connectivity index (χ4n) is 2.89. The standard InChI is InChI=1S/C16H24N2O2/c1-3-9-17-16(20)11-18(2)15-6-4-5-12-10-13(19)7-8-14(12)15/h7-8,10,15,19H,3-6,9,11H2,1-2H3,(H,17,20). The van der Waals surface area contributed by atoms with Gasteiger partial charge in [0, 0.05) is 12.6 Å². The zero-order valence-electron chi connectivity index (χ0n) is 12.4. The third-order valence-corrected chi connectivity index (χ3v) is 3.91. The number of phenolic OH excluding ortho intramolecular Hbond substituents is 1. The molecule has 0 heterocycles. The fourth-order valence-corrected chi connectivity index (χ4v) is 2.89. The molecule has 0 spiro atoms. The topological polar surface area (TPSA) is 52.6 Å². The third-order valence-electron chi connectivity index (χ3n) is 3.91. The van der Waals surface area contributed by atoms with Gasteiger partial charge in [0.15, 0.2) is 0 Å². The predicted octanol–water partition coefficient (Wildman–Crippen LogP) is 2.23. The number of amides is 1. The second kappa shape index (κ2) is 6.75. The van der Waals surface area contributed by atoms with E-state index < -0.39 is 0 Å². The Morgan fingerprint density at radius 1 is 1.50 bits per heavy atom. The van der Waals surface area contributed by atoms with Crippen LogP contribution in [0.5, 0.6) is 5.75 Å². The maximum atomic E-state index is 11.8. The lowest BCUT2D eigenvalue weighted by Crippen LogP contribution is -2.38. The number of phenols is 1. The fraction of sp³-hybridized carbons (Fsp3) is 0.562. The number of rotatable bonds is 5. The number of likely N-dealkylation sites (N-methyl/N-ethyl adjacent to an activating group) is 1. The Bertz CT molecular complexity index is 474. The van der Waals surface area contributed by atoms with E-state index in [9.17, 15) is 9.90 Å². The molecule has 110 valence electrons. The molecule has 1 aliphatic rings. The highest BCUT2D eigenvalue weighted by Gasteiger charge is 2.25. The lowest BCUT2D eigenvalue weighted by Gasteiger charge is -2.33. The van der Waals surface area contributed by atoms with Crippen molar-refractivity contribution in [3.05, 3.63) is 29.3 Å². The minimum Gasteiger partial charge on any atom is -0.508 e. The van der Waals surface area contributed by atoms with Gasteiger partial charge < -0.3 is 10.4 Å². The highest BCUT2D eigenvalue weighted by molar-refractivity contribution is 5.78. The van der Waals surface area contributed by atoms with Gasteiger partial charge in [0.1, 0.15) is 5.75 Å². The van der Waals surface area contributed by atoms with Crippen LogP contribution in [0.2, 0.25) is 0 Å². The first-order valence-corrected chi connectivity index (χ1v) is 7.40. The first-order chi connectivity index (χ1) is 9.61. The lowest BCUT2D eigenvalue weighted by atomic mass is 9.87. The van der Waals surface area contributed by atoms with Crippen LogP contribution in [0.15, 0.2) is 18.2 Å². The van der Waals surface area contributed by atoms with E-state index in [-0.39, 0.29) is 11.9 Å². The summed E-state index contributed by atoms with van der Waals surface area (Å²) < 4.78 is 0. The molecule has 0 saturated heterocycles. The van der Waals surface area contributed by atoms with Crippen molar-refractivity contribution >= 4 is 5.91 Å². The SMILES string of the molecule is CCCNC(=O)CN(C)C1CCCc2cc(O)ccc21. The predicted molar refractivity (Wildman–Crippen MR) is 79.7 cm³/mol. The Morgan fingerprint density at radius 2 is 2.30 bits per heavy atom. The Hall–Kier alpha value is -1.55. The number of aryl methyl sites for hydroxylation is 1. The normalized spacial score (nSPS) is 17.9. The van der Waals surface area contributed by atoms with Gasteiger partial charge in [-0.2, -0.15) is 0 Å². The lowest BCUT2D eigenvalue weighted by molar-refractivity contribution is -0.122. The quantitative estimate of drug-likeness (QED) is 0.867. The molecule has 4 nitrogen and oxygen atoms in total. The number of hydrogen-bond acceptors (Lipinski definition) is 3. The van der Waals surface area contributed by atoms with Crippen LogP contribution in [0.4, 0.5) is 0 Å². The minimum absolute atomic E-state index is 0.0836. The molecular formula is C16H24N2O2. The van der Waals surface area contributed by atoms with E-state index in [1.807, 2.05) is 26.1 Å². The number of benzene rings is 1. The van der Waals surface area contributed by atoms with Crippen LogP contribution in [0.25, 0.3) is 0 Å². The Balaban J connectivity index is 2.05. The van der Waals surface area contributed by atoms with E-state index in [4.69, 9.17) is 0 Å². The van der Waals surface area contributed by atoms with Crippen LogP contribution in [-0.4, -0.2) is 36.1 Å². The largest absolute Gasteiger partial charge is 0.508 e. The zero-order chi connectivity index (χ0) is 14.5. The van der Waals surface area contributed by atoms with Crippen molar-refractivity contribution in [2.45, 2.75) is 38.6 Å². The zero-order valence-corrected chi connectivity index (χ0v) is 12.4. The van der Waals surface area contributed by atoms with Gasteiger partial charge in [-0.1, -0.05) is 13.0 Å². The van der Waals surface area contributed by atoms with Gasteiger partial charge in [-0.25, -0.2) is 0 Å². The van der Waals surface area contributed by atoms with Crippen LogP contribution >= 0.6 is 0 Å². The molecule has 2 rings (SSSR count). The highest BCUT2D eigenvalue weighted by atomic mass is 16.3. The number of aromatic hydroxyl groups is 1. The first kappa shape index (κ1) is 14.9. The average molecular weight is 276 g/mol. The Kier molecular flexibility index (Phi) is 5.01. The summed E-state index contributed by atoms with van der Waals surface area (Å²) in [5, 5.41) is 12.5. The molecule has 0 fully saturated rings. The number of hydrogen-bond donors (Lipinski definition) is 2. The van der Waals surface area contributed by atoms with Crippen molar-refractivity contribution in [2.24, 2.45) is 0 Å². The molecule has 1 amide bonds. The summed E-state index contributed by atoms with van der Waals surface area (Å²) >= 11 is 0. The van der Waals surface area contributed by atoms with E-state index in [0.717, 1.165) is 32.2 Å². The molecule has 2 N–H and O–H groups in total. The maximum absolute atomic E-state index is 11.8. The molecule has 1 unspecified atom stereocenters. The van der Waals surface area contributed by atoms with Crippen molar-refractivity contribution in [3.8, 4) is 5.75 Å². The van der Waals surface area contributed by atoms with Crippen molar-refractivity contribution in [1.82, 2.24) is 10.2 Å². The van der Waals surface area contributed by atoms with Crippen LogP contribution in [0.1, 0.15) is 43.4 Å². The average Bonchev–Trinajstić information content (AvgIpc) is 2.44. The van der Waals surface area contributed by atoms with Crippen LogP contribution in [0.3, 0.4) is 0 Å². The van der Waals surface area contributed by atoms with Crippen molar-refractivity contribution < 1.29 is 9.90 Å². The van der Waals surface area contributed by atoms with Crippen LogP contribution in [-0.2, 0) is 11.2 Å². The van der Waals surface area contributed by atoms with Gasteiger partial charge in [-0.05, 0) is 56.0 Å². The van der Waals surface area contributed by atoms with E-state index in [0.29, 0.717) is 12.3 Å². The molecular weight excluding hydrogens is 252 g/mol. The molecule has 1 aromatic rings. The maximum Gasteiger partial charge on any atom is 0.234 e. The molecule has 0 bridgehead atoms. The molecule has 0 aliphatic heterocycles. The number of carbonyl (C=O) groups is 1. The molecule has 4 heteroatoms. The molecule has 0 radical (unpaired) electrons. The summed E-state index contributed by atoms with van der Waals surface area (Å²) in [6, 6.07) is 5.86. The highest BCUT2D eigenvalue weighted by Crippen LogP contribution is 2.34. The van der Waals surface area contributed by atoms with Gasteiger partial charge in [-0.3, -0.25) is 9.69 Å². The van der Waals surface area contributed by atoms with Crippen molar-refractivity contribution in [2.75, 3.05) is 20.1 Å². The minimum atomic E-state index is 0.0836. The monoisotopic (exact) mass is 276 g/mol. The summed E-state index contributed by atoms with van der Waals surface area (Å²) in [5.41, 5.74) is 2.46. The van der Waals surface area contributed by atoms with Gasteiger partial charge in [0.2, 0.25) is 5.91 Å². The second-order valence-electron chi connectivity index (χ2n) is 5.56. The Morgan fingerprint density at radius 3 is 3.05 bits per heavy atom. The number of nitrogens with one attached hydrogen (secondary N) is 1.